The third kappa shape index (κ3) is 14.7. The van der Waals surface area contributed by atoms with E-state index in [1.807, 2.05) is 37.3 Å². The van der Waals surface area contributed by atoms with Gasteiger partial charge in [-0.1, -0.05) is 57.5 Å². The van der Waals surface area contributed by atoms with E-state index >= 15 is 0 Å². The molecule has 0 spiro atoms. The molecule has 0 saturated carbocycles. The molecule has 1 atom stereocenters. The van der Waals surface area contributed by atoms with Gasteiger partial charge < -0.3 is 27.0 Å². The van der Waals surface area contributed by atoms with E-state index in [2.05, 4.69) is 29.5 Å². The first-order chi connectivity index (χ1) is 17.2. The maximum absolute atomic E-state index is 12.3. The minimum Gasteiger partial charge on any atom is -0.370 e. The van der Waals surface area contributed by atoms with Gasteiger partial charge in [0.25, 0.3) is 0 Å². The summed E-state index contributed by atoms with van der Waals surface area (Å²) in [5.74, 6) is -1.66. The van der Waals surface area contributed by atoms with Crippen LogP contribution in [0.5, 0.6) is 0 Å². The Labute approximate surface area is 213 Å². The van der Waals surface area contributed by atoms with Crippen LogP contribution < -0.4 is 22.1 Å². The van der Waals surface area contributed by atoms with Gasteiger partial charge in [0.15, 0.2) is 11.7 Å². The Morgan fingerprint density at radius 1 is 1.06 bits per heavy atom. The molecule has 10 nitrogen and oxygen atoms in total. The van der Waals surface area contributed by atoms with Crippen LogP contribution >= 0.6 is 0 Å². The van der Waals surface area contributed by atoms with Crippen molar-refractivity contribution in [1.29, 1.82) is 0 Å². The fraction of sp³-hybridized carbons (Fsp3) is 0.560. The van der Waals surface area contributed by atoms with Crippen molar-refractivity contribution in [3.05, 3.63) is 35.9 Å². The maximum Gasteiger partial charge on any atom is 0.243 e. The average Bonchev–Trinajstić information content (AvgIpc) is 3.36. The largest absolute Gasteiger partial charge is 0.370 e. The van der Waals surface area contributed by atoms with E-state index in [4.69, 9.17) is 11.5 Å². The van der Waals surface area contributed by atoms with Gasteiger partial charge in [0, 0.05) is 13.1 Å². The molecule has 0 aliphatic carbocycles. The number of ketones is 1. The number of alkyl halides is 1. The van der Waals surface area contributed by atoms with Crippen LogP contribution in [-0.2, 0) is 25.6 Å². The predicted octanol–water partition coefficient (Wildman–Crippen LogP) is 1.08. The Kier molecular flexibility index (Phi) is 17.8. The second kappa shape index (κ2) is 19.8. The zero-order valence-corrected chi connectivity index (χ0v) is 21.6. The molecular formula is C25H41FN6O4. The number of carbonyl (C=O) groups excluding carboxylic acids is 4. The summed E-state index contributed by atoms with van der Waals surface area (Å²) in [6.07, 6.45) is 3.54. The molecule has 0 radical (unpaired) electrons. The van der Waals surface area contributed by atoms with Gasteiger partial charge in [-0.3, -0.25) is 24.2 Å². The summed E-state index contributed by atoms with van der Waals surface area (Å²) >= 11 is 0. The van der Waals surface area contributed by atoms with E-state index in [1.54, 1.807) is 0 Å². The fourth-order valence-electron chi connectivity index (χ4n) is 3.05. The van der Waals surface area contributed by atoms with Gasteiger partial charge in [-0.2, -0.15) is 0 Å². The van der Waals surface area contributed by atoms with Crippen molar-refractivity contribution < 1.29 is 23.6 Å². The topological polar surface area (TPSA) is 160 Å². The van der Waals surface area contributed by atoms with E-state index in [0.29, 0.717) is 19.4 Å². The van der Waals surface area contributed by atoms with Crippen LogP contribution in [0.1, 0.15) is 52.0 Å². The summed E-state index contributed by atoms with van der Waals surface area (Å²) in [5, 5.41) is 4.91. The lowest BCUT2D eigenvalue weighted by molar-refractivity contribution is -0.139. The lowest BCUT2D eigenvalue weighted by Crippen LogP contribution is -2.49. The molecule has 1 saturated heterocycles. The van der Waals surface area contributed by atoms with Crippen molar-refractivity contribution >= 4 is 29.5 Å². The Morgan fingerprint density at radius 3 is 2.22 bits per heavy atom. The Morgan fingerprint density at radius 2 is 1.69 bits per heavy atom. The number of halogens is 1. The highest BCUT2D eigenvalue weighted by atomic mass is 19.1. The van der Waals surface area contributed by atoms with E-state index in [1.165, 1.54) is 11.3 Å². The maximum atomic E-state index is 12.3. The molecule has 1 aromatic carbocycles. The van der Waals surface area contributed by atoms with Gasteiger partial charge in [0.2, 0.25) is 17.7 Å². The van der Waals surface area contributed by atoms with Gasteiger partial charge in [-0.15, -0.1) is 0 Å². The molecule has 1 fully saturated rings. The van der Waals surface area contributed by atoms with Crippen LogP contribution in [0.2, 0.25) is 0 Å². The third-order valence-electron chi connectivity index (χ3n) is 4.65. The first-order valence-electron chi connectivity index (χ1n) is 12.2. The van der Waals surface area contributed by atoms with Crippen LogP contribution in [0.4, 0.5) is 4.39 Å². The second-order valence-corrected chi connectivity index (χ2v) is 8.09. The summed E-state index contributed by atoms with van der Waals surface area (Å²) in [6, 6.07) is 8.46. The SMILES string of the molecule is CCC.CCCN=C(N)N.O=C(CF)CNC(=O)C1CCCN1C(=O)CNC(=O)Cc1ccccc1. The Balaban J connectivity index is 0.00000104. The number of benzene rings is 1. The van der Waals surface area contributed by atoms with Crippen molar-refractivity contribution in [1.82, 2.24) is 15.5 Å². The molecular weight excluding hydrogens is 467 g/mol. The molecule has 1 aliphatic heterocycles. The van der Waals surface area contributed by atoms with Crippen molar-refractivity contribution in [3.63, 3.8) is 0 Å². The number of Topliss-reactive ketones (excluding diaryl/α,β-unsaturated/α-hetero) is 1. The summed E-state index contributed by atoms with van der Waals surface area (Å²) < 4.78 is 12.1. The number of hydrogen-bond acceptors (Lipinski definition) is 5. The zero-order valence-electron chi connectivity index (χ0n) is 21.6. The van der Waals surface area contributed by atoms with E-state index in [-0.39, 0.29) is 37.3 Å². The van der Waals surface area contributed by atoms with Gasteiger partial charge in [0.05, 0.1) is 19.5 Å². The molecule has 1 aromatic rings. The number of hydrogen-bond donors (Lipinski definition) is 4. The average molecular weight is 509 g/mol. The number of nitrogens with one attached hydrogen (secondary N) is 2. The normalized spacial score (nSPS) is 13.8. The second-order valence-electron chi connectivity index (χ2n) is 8.09. The van der Waals surface area contributed by atoms with Gasteiger partial charge in [-0.05, 0) is 24.8 Å². The lowest BCUT2D eigenvalue weighted by atomic mass is 10.1. The summed E-state index contributed by atoms with van der Waals surface area (Å²) in [7, 11) is 0. The van der Waals surface area contributed by atoms with Gasteiger partial charge in [-0.25, -0.2) is 4.39 Å². The number of likely N-dealkylation sites (tertiary alicyclic amines) is 1. The van der Waals surface area contributed by atoms with Crippen LogP contribution in [0.15, 0.2) is 35.3 Å². The highest BCUT2D eigenvalue weighted by Gasteiger charge is 2.34. The van der Waals surface area contributed by atoms with Gasteiger partial charge >= 0.3 is 0 Å². The van der Waals surface area contributed by atoms with Gasteiger partial charge in [0.1, 0.15) is 12.7 Å². The molecule has 0 aromatic heterocycles. The molecule has 1 aliphatic rings. The molecule has 1 heterocycles. The Bertz CT molecular complexity index is 831. The number of amides is 3. The molecule has 6 N–H and O–H groups in total. The van der Waals surface area contributed by atoms with Crippen LogP contribution in [-0.4, -0.2) is 73.3 Å². The smallest absolute Gasteiger partial charge is 0.243 e. The molecule has 11 heteroatoms. The molecule has 2 rings (SSSR count). The molecule has 0 bridgehead atoms. The molecule has 36 heavy (non-hydrogen) atoms. The third-order valence-corrected chi connectivity index (χ3v) is 4.65. The highest BCUT2D eigenvalue weighted by Crippen LogP contribution is 2.17. The predicted molar refractivity (Wildman–Crippen MR) is 139 cm³/mol. The van der Waals surface area contributed by atoms with Crippen molar-refractivity contribution in [3.8, 4) is 0 Å². The van der Waals surface area contributed by atoms with E-state index in [9.17, 15) is 23.6 Å². The van der Waals surface area contributed by atoms with Crippen LogP contribution in [0.3, 0.4) is 0 Å². The minimum atomic E-state index is -1.14. The van der Waals surface area contributed by atoms with Crippen molar-refractivity contribution in [2.24, 2.45) is 16.5 Å². The fourth-order valence-corrected chi connectivity index (χ4v) is 3.05. The molecule has 202 valence electrons. The number of carbonyl (C=O) groups is 4. The lowest BCUT2D eigenvalue weighted by Gasteiger charge is -2.24. The van der Waals surface area contributed by atoms with E-state index < -0.39 is 24.4 Å². The number of nitrogens with zero attached hydrogens (tertiary/aromatic N) is 2. The van der Waals surface area contributed by atoms with Crippen molar-refractivity contribution in [2.75, 3.05) is 32.9 Å². The Hall–Kier alpha value is -3.50. The number of rotatable bonds is 10. The monoisotopic (exact) mass is 508 g/mol. The first kappa shape index (κ1) is 32.5. The quantitative estimate of drug-likeness (QED) is 0.273. The molecule has 3 amide bonds. The molecule has 1 unspecified atom stereocenters. The highest BCUT2D eigenvalue weighted by molar-refractivity contribution is 5.93. The van der Waals surface area contributed by atoms with Crippen molar-refractivity contribution in [2.45, 2.75) is 58.9 Å². The number of guanidine groups is 1. The zero-order chi connectivity index (χ0) is 27.3. The van der Waals surface area contributed by atoms with E-state index in [0.717, 1.165) is 18.5 Å². The summed E-state index contributed by atoms with van der Waals surface area (Å²) in [6.45, 7) is 5.69. The first-order valence-corrected chi connectivity index (χ1v) is 12.2. The summed E-state index contributed by atoms with van der Waals surface area (Å²) in [4.78, 5) is 52.4. The number of nitrogens with two attached hydrogens (primary N) is 2. The number of aliphatic imine (C=N–C) groups is 1. The standard InChI is InChI=1S/C18H22FN3O4.C4H11N3.C3H8/c19-10-14(23)11-21-18(26)15-7-4-8-22(15)17(25)12-20-16(24)9-13-5-2-1-3-6-13;1-2-3-7-4(5)6;1-3-2/h1-3,5-6,15H,4,7-12H2,(H,20,24)(H,21,26);2-3H2,1H3,(H4,5,6,7);3H2,1-2H3. The minimum absolute atomic E-state index is 0.170. The van der Waals surface area contributed by atoms with Crippen LogP contribution in [0, 0.1) is 0 Å². The summed E-state index contributed by atoms with van der Waals surface area (Å²) in [5.41, 5.74) is 10.9. The van der Waals surface area contributed by atoms with Crippen LogP contribution in [0.25, 0.3) is 0 Å².